The summed E-state index contributed by atoms with van der Waals surface area (Å²) in [6, 6.07) is 12.3. The van der Waals surface area contributed by atoms with Crippen LogP contribution in [-0.4, -0.2) is 18.4 Å². The van der Waals surface area contributed by atoms with E-state index in [1.165, 1.54) is 12.1 Å². The smallest absolute Gasteiger partial charge is 0.258 e. The van der Waals surface area contributed by atoms with Crippen molar-refractivity contribution in [1.29, 1.82) is 0 Å². The summed E-state index contributed by atoms with van der Waals surface area (Å²) in [6.45, 7) is 2.18. The first kappa shape index (κ1) is 16.8. The van der Waals surface area contributed by atoms with Crippen molar-refractivity contribution in [2.45, 2.75) is 13.5 Å². The molecule has 5 nitrogen and oxygen atoms in total. The Morgan fingerprint density at radius 3 is 2.65 bits per heavy atom. The molecule has 0 aliphatic rings. The minimum Gasteiger partial charge on any atom is -0.483 e. The van der Waals surface area contributed by atoms with E-state index in [0.29, 0.717) is 11.6 Å². The minimum absolute atomic E-state index is 0.143. The molecule has 0 atom stereocenters. The Balaban J connectivity index is 1.92. The number of rotatable bonds is 6. The third-order valence-electron chi connectivity index (χ3n) is 3.30. The van der Waals surface area contributed by atoms with Gasteiger partial charge in [0.25, 0.3) is 11.8 Å². The Bertz CT molecular complexity index is 732. The summed E-state index contributed by atoms with van der Waals surface area (Å²) in [5.74, 6) is -0.727. The van der Waals surface area contributed by atoms with E-state index in [1.807, 2.05) is 31.2 Å². The lowest BCUT2D eigenvalue weighted by atomic mass is 10.1. The molecule has 0 fully saturated rings. The zero-order chi connectivity index (χ0) is 16.8. The summed E-state index contributed by atoms with van der Waals surface area (Å²) in [4.78, 5) is 23.2. The van der Waals surface area contributed by atoms with Crippen LogP contribution < -0.4 is 15.8 Å². The molecule has 0 aliphatic heterocycles. The number of amides is 2. The number of aryl methyl sites for hydroxylation is 1. The second-order valence-corrected chi connectivity index (χ2v) is 5.43. The van der Waals surface area contributed by atoms with E-state index < -0.39 is 5.91 Å². The topological polar surface area (TPSA) is 81.4 Å². The first-order valence-electron chi connectivity index (χ1n) is 7.00. The normalized spacial score (nSPS) is 10.2. The summed E-state index contributed by atoms with van der Waals surface area (Å²) in [7, 11) is 0. The van der Waals surface area contributed by atoms with Gasteiger partial charge in [-0.15, -0.1) is 0 Å². The number of primary amides is 1. The molecule has 0 spiro atoms. The molecule has 0 saturated carbocycles. The van der Waals surface area contributed by atoms with Gasteiger partial charge in [-0.1, -0.05) is 35.9 Å². The maximum Gasteiger partial charge on any atom is 0.258 e. The van der Waals surface area contributed by atoms with Gasteiger partial charge in [0.15, 0.2) is 6.61 Å². The third-order valence-corrected chi connectivity index (χ3v) is 3.54. The quantitative estimate of drug-likeness (QED) is 0.852. The highest BCUT2D eigenvalue weighted by molar-refractivity contribution is 6.31. The van der Waals surface area contributed by atoms with Crippen LogP contribution in [0, 0.1) is 6.92 Å². The van der Waals surface area contributed by atoms with Gasteiger partial charge in [-0.25, -0.2) is 0 Å². The van der Waals surface area contributed by atoms with Crippen molar-refractivity contribution < 1.29 is 14.3 Å². The molecule has 3 N–H and O–H groups in total. The van der Waals surface area contributed by atoms with Crippen LogP contribution in [0.2, 0.25) is 5.02 Å². The largest absolute Gasteiger partial charge is 0.483 e. The monoisotopic (exact) mass is 332 g/mol. The maximum atomic E-state index is 11.9. The van der Waals surface area contributed by atoms with Gasteiger partial charge in [0.2, 0.25) is 0 Å². The number of carbonyl (C=O) groups excluding carboxylic acids is 2. The zero-order valence-electron chi connectivity index (χ0n) is 12.6. The van der Waals surface area contributed by atoms with Gasteiger partial charge >= 0.3 is 0 Å². The number of ether oxygens (including phenoxy) is 1. The molecule has 0 radical (unpaired) electrons. The molecule has 2 rings (SSSR count). The molecule has 0 aromatic heterocycles. The number of hydrogen-bond donors (Lipinski definition) is 2. The number of carbonyl (C=O) groups is 2. The standard InChI is InChI=1S/C17H17ClN2O3/c1-11-4-2-3-5-12(11)9-20-16(21)10-23-15-7-6-13(18)8-14(15)17(19)22/h2-8H,9-10H2,1H3,(H2,19,22)(H,20,21). The fraction of sp³-hybridized carbons (Fsp3) is 0.176. The molecule has 2 amide bonds. The predicted octanol–water partition coefficient (Wildman–Crippen LogP) is 2.44. The maximum absolute atomic E-state index is 11.9. The van der Waals surface area contributed by atoms with Gasteiger partial charge in [-0.2, -0.15) is 0 Å². The highest BCUT2D eigenvalue weighted by atomic mass is 35.5. The Kier molecular flexibility index (Phi) is 5.60. The van der Waals surface area contributed by atoms with E-state index in [4.69, 9.17) is 22.1 Å². The molecule has 2 aromatic carbocycles. The van der Waals surface area contributed by atoms with Crippen molar-refractivity contribution in [2.75, 3.05) is 6.61 Å². The van der Waals surface area contributed by atoms with E-state index in [0.717, 1.165) is 11.1 Å². The predicted molar refractivity (Wildman–Crippen MR) is 88.5 cm³/mol. The lowest BCUT2D eigenvalue weighted by Crippen LogP contribution is -2.29. The van der Waals surface area contributed by atoms with E-state index in [1.54, 1.807) is 6.07 Å². The first-order valence-corrected chi connectivity index (χ1v) is 7.38. The van der Waals surface area contributed by atoms with Crippen LogP contribution in [-0.2, 0) is 11.3 Å². The average molecular weight is 333 g/mol. The molecular formula is C17H17ClN2O3. The van der Waals surface area contributed by atoms with E-state index in [9.17, 15) is 9.59 Å². The third kappa shape index (κ3) is 4.72. The lowest BCUT2D eigenvalue weighted by molar-refractivity contribution is -0.123. The number of nitrogens with one attached hydrogen (secondary N) is 1. The number of nitrogens with two attached hydrogens (primary N) is 1. The van der Waals surface area contributed by atoms with Gasteiger partial charge in [0.1, 0.15) is 5.75 Å². The van der Waals surface area contributed by atoms with Crippen LogP contribution in [0.25, 0.3) is 0 Å². The first-order chi connectivity index (χ1) is 11.0. The van der Waals surface area contributed by atoms with Crippen LogP contribution in [0.3, 0.4) is 0 Å². The zero-order valence-corrected chi connectivity index (χ0v) is 13.4. The lowest BCUT2D eigenvalue weighted by Gasteiger charge is -2.11. The van der Waals surface area contributed by atoms with Crippen molar-refractivity contribution in [1.82, 2.24) is 5.32 Å². The average Bonchev–Trinajstić information content (AvgIpc) is 2.52. The second-order valence-electron chi connectivity index (χ2n) is 5.00. The van der Waals surface area contributed by atoms with E-state index in [2.05, 4.69) is 5.32 Å². The highest BCUT2D eigenvalue weighted by Crippen LogP contribution is 2.22. The second kappa shape index (κ2) is 7.65. The Morgan fingerprint density at radius 2 is 1.96 bits per heavy atom. The highest BCUT2D eigenvalue weighted by Gasteiger charge is 2.12. The summed E-state index contributed by atoms with van der Waals surface area (Å²) in [5.41, 5.74) is 7.54. The van der Waals surface area contributed by atoms with Crippen LogP contribution in [0.1, 0.15) is 21.5 Å². The van der Waals surface area contributed by atoms with Gasteiger partial charge in [0, 0.05) is 11.6 Å². The Morgan fingerprint density at radius 1 is 1.22 bits per heavy atom. The van der Waals surface area contributed by atoms with Gasteiger partial charge < -0.3 is 15.8 Å². The molecule has 120 valence electrons. The van der Waals surface area contributed by atoms with Crippen LogP contribution in [0.15, 0.2) is 42.5 Å². The summed E-state index contributed by atoms with van der Waals surface area (Å²) in [5, 5.41) is 3.13. The summed E-state index contributed by atoms with van der Waals surface area (Å²) >= 11 is 5.81. The molecule has 6 heteroatoms. The van der Waals surface area contributed by atoms with E-state index in [-0.39, 0.29) is 23.8 Å². The molecule has 0 heterocycles. The summed E-state index contributed by atoms with van der Waals surface area (Å²) < 4.78 is 5.36. The fourth-order valence-electron chi connectivity index (χ4n) is 2.02. The number of halogens is 1. The van der Waals surface area contributed by atoms with Crippen molar-refractivity contribution in [3.63, 3.8) is 0 Å². The van der Waals surface area contributed by atoms with Crippen LogP contribution in [0.5, 0.6) is 5.75 Å². The van der Waals surface area contributed by atoms with Crippen LogP contribution in [0.4, 0.5) is 0 Å². The van der Waals surface area contributed by atoms with Crippen molar-refractivity contribution >= 4 is 23.4 Å². The van der Waals surface area contributed by atoms with E-state index >= 15 is 0 Å². The van der Waals surface area contributed by atoms with Crippen molar-refractivity contribution in [2.24, 2.45) is 5.73 Å². The Labute approximate surface area is 139 Å². The Hall–Kier alpha value is -2.53. The molecule has 23 heavy (non-hydrogen) atoms. The molecular weight excluding hydrogens is 316 g/mol. The van der Waals surface area contributed by atoms with Crippen LogP contribution >= 0.6 is 11.6 Å². The molecule has 0 bridgehead atoms. The number of hydrogen-bond acceptors (Lipinski definition) is 3. The van der Waals surface area contributed by atoms with Gasteiger partial charge in [-0.05, 0) is 36.2 Å². The SMILES string of the molecule is Cc1ccccc1CNC(=O)COc1ccc(Cl)cc1C(N)=O. The molecule has 0 aliphatic carbocycles. The summed E-state index contributed by atoms with van der Waals surface area (Å²) in [6.07, 6.45) is 0. The van der Waals surface area contributed by atoms with Gasteiger partial charge in [0.05, 0.1) is 5.56 Å². The minimum atomic E-state index is -0.664. The number of benzene rings is 2. The molecule has 2 aromatic rings. The van der Waals surface area contributed by atoms with Crippen molar-refractivity contribution in [3.8, 4) is 5.75 Å². The molecule has 0 unspecified atom stereocenters. The van der Waals surface area contributed by atoms with Crippen molar-refractivity contribution in [3.05, 3.63) is 64.2 Å². The fourth-order valence-corrected chi connectivity index (χ4v) is 2.19. The van der Waals surface area contributed by atoms with Gasteiger partial charge in [-0.3, -0.25) is 9.59 Å². The molecule has 0 saturated heterocycles.